The Morgan fingerprint density at radius 2 is 1.92 bits per heavy atom. The van der Waals surface area contributed by atoms with Crippen molar-refractivity contribution in [1.29, 1.82) is 0 Å². The summed E-state index contributed by atoms with van der Waals surface area (Å²) >= 11 is 0. The average molecular weight is 358 g/mol. The fourth-order valence-electron chi connectivity index (χ4n) is 2.95. The van der Waals surface area contributed by atoms with Gasteiger partial charge < -0.3 is 20.2 Å². The summed E-state index contributed by atoms with van der Waals surface area (Å²) in [5, 5.41) is 12.9. The van der Waals surface area contributed by atoms with E-state index >= 15 is 0 Å². The SMILES string of the molecule is CN1CCN(c2ncccc2CNC(=O)[C@H](O)c2ccc(F)cc2)CC1. The van der Waals surface area contributed by atoms with Crippen molar-refractivity contribution in [1.82, 2.24) is 15.2 Å². The average Bonchev–Trinajstić information content (AvgIpc) is 2.67. The van der Waals surface area contributed by atoms with E-state index in [0.29, 0.717) is 5.56 Å². The van der Waals surface area contributed by atoms with E-state index in [4.69, 9.17) is 0 Å². The van der Waals surface area contributed by atoms with E-state index in [-0.39, 0.29) is 6.54 Å². The second-order valence-electron chi connectivity index (χ2n) is 6.45. The Morgan fingerprint density at radius 3 is 2.62 bits per heavy atom. The Bertz CT molecular complexity index is 745. The normalized spacial score (nSPS) is 16.3. The lowest BCUT2D eigenvalue weighted by Gasteiger charge is -2.34. The molecule has 6 nitrogen and oxygen atoms in total. The molecule has 1 atom stereocenters. The van der Waals surface area contributed by atoms with Gasteiger partial charge in [0.1, 0.15) is 11.6 Å². The van der Waals surface area contributed by atoms with Crippen LogP contribution in [0.4, 0.5) is 10.2 Å². The molecule has 0 unspecified atom stereocenters. The monoisotopic (exact) mass is 358 g/mol. The van der Waals surface area contributed by atoms with Crippen LogP contribution in [-0.4, -0.2) is 54.1 Å². The number of hydrogen-bond acceptors (Lipinski definition) is 5. The van der Waals surface area contributed by atoms with E-state index in [1.54, 1.807) is 6.20 Å². The van der Waals surface area contributed by atoms with Gasteiger partial charge in [-0.25, -0.2) is 9.37 Å². The lowest BCUT2D eigenvalue weighted by molar-refractivity contribution is -0.129. The number of likely N-dealkylation sites (N-methyl/N-ethyl adjacent to an activating group) is 1. The van der Waals surface area contributed by atoms with Crippen molar-refractivity contribution < 1.29 is 14.3 Å². The number of nitrogens with one attached hydrogen (secondary N) is 1. The molecule has 26 heavy (non-hydrogen) atoms. The van der Waals surface area contributed by atoms with Crippen LogP contribution in [0.2, 0.25) is 0 Å². The first kappa shape index (κ1) is 18.3. The van der Waals surface area contributed by atoms with Gasteiger partial charge in [0.25, 0.3) is 5.91 Å². The number of rotatable bonds is 5. The number of hydrogen-bond donors (Lipinski definition) is 2. The number of anilines is 1. The predicted octanol–water partition coefficient (Wildman–Crippen LogP) is 1.32. The van der Waals surface area contributed by atoms with Crippen LogP contribution in [0.1, 0.15) is 17.2 Å². The van der Waals surface area contributed by atoms with E-state index in [1.807, 2.05) is 12.1 Å². The van der Waals surface area contributed by atoms with Gasteiger partial charge in [-0.05, 0) is 30.8 Å². The molecule has 1 fully saturated rings. The minimum Gasteiger partial charge on any atom is -0.378 e. The number of aliphatic hydroxyl groups excluding tert-OH is 1. The molecular weight excluding hydrogens is 335 g/mol. The maximum Gasteiger partial charge on any atom is 0.253 e. The van der Waals surface area contributed by atoms with Gasteiger partial charge in [-0.1, -0.05) is 18.2 Å². The molecule has 0 radical (unpaired) electrons. The van der Waals surface area contributed by atoms with Gasteiger partial charge in [-0.2, -0.15) is 0 Å². The molecule has 0 spiro atoms. The molecular formula is C19H23FN4O2. The van der Waals surface area contributed by atoms with Crippen molar-refractivity contribution in [3.63, 3.8) is 0 Å². The molecule has 1 amide bonds. The molecule has 3 rings (SSSR count). The molecule has 0 saturated carbocycles. The van der Waals surface area contributed by atoms with Crippen molar-refractivity contribution in [3.05, 3.63) is 59.5 Å². The number of benzene rings is 1. The van der Waals surface area contributed by atoms with Crippen LogP contribution in [0, 0.1) is 5.82 Å². The first-order chi connectivity index (χ1) is 12.5. The number of aliphatic hydroxyl groups is 1. The van der Waals surface area contributed by atoms with Gasteiger partial charge >= 0.3 is 0 Å². The number of aromatic nitrogens is 1. The van der Waals surface area contributed by atoms with E-state index < -0.39 is 17.8 Å². The topological polar surface area (TPSA) is 68.7 Å². The van der Waals surface area contributed by atoms with Gasteiger partial charge in [0, 0.05) is 44.5 Å². The van der Waals surface area contributed by atoms with Crippen LogP contribution < -0.4 is 10.2 Å². The number of piperazine rings is 1. The number of pyridine rings is 1. The molecule has 0 bridgehead atoms. The van der Waals surface area contributed by atoms with Crippen molar-refractivity contribution >= 4 is 11.7 Å². The summed E-state index contributed by atoms with van der Waals surface area (Å²) in [6.45, 7) is 3.96. The van der Waals surface area contributed by atoms with Gasteiger partial charge in [0.2, 0.25) is 0 Å². The predicted molar refractivity (Wildman–Crippen MR) is 97.2 cm³/mol. The lowest BCUT2D eigenvalue weighted by atomic mass is 10.1. The smallest absolute Gasteiger partial charge is 0.253 e. The fraction of sp³-hybridized carbons (Fsp3) is 0.368. The van der Waals surface area contributed by atoms with Crippen LogP contribution in [-0.2, 0) is 11.3 Å². The van der Waals surface area contributed by atoms with Gasteiger partial charge in [0.05, 0.1) is 0 Å². The molecule has 1 aliphatic heterocycles. The molecule has 1 saturated heterocycles. The standard InChI is InChI=1S/C19H23FN4O2/c1-23-9-11-24(12-10-23)18-15(3-2-8-21-18)13-22-19(26)17(25)14-4-6-16(20)7-5-14/h2-8,17,25H,9-13H2,1H3,(H,22,26)/t17-/m1/s1. The van der Waals surface area contributed by atoms with Crippen molar-refractivity contribution in [2.75, 3.05) is 38.1 Å². The maximum atomic E-state index is 13.0. The van der Waals surface area contributed by atoms with E-state index in [1.165, 1.54) is 24.3 Å². The highest BCUT2D eigenvalue weighted by Gasteiger charge is 2.20. The fourth-order valence-corrected chi connectivity index (χ4v) is 2.95. The maximum absolute atomic E-state index is 13.0. The molecule has 1 aliphatic rings. The van der Waals surface area contributed by atoms with E-state index in [2.05, 4.69) is 27.1 Å². The molecule has 7 heteroatoms. The van der Waals surface area contributed by atoms with Gasteiger partial charge in [0.15, 0.2) is 6.10 Å². The Kier molecular flexibility index (Phi) is 5.80. The van der Waals surface area contributed by atoms with Crippen LogP contribution in [0.15, 0.2) is 42.6 Å². The van der Waals surface area contributed by atoms with Crippen molar-refractivity contribution in [3.8, 4) is 0 Å². The molecule has 1 aromatic heterocycles. The summed E-state index contributed by atoms with van der Waals surface area (Å²) in [5.74, 6) is -0.0736. The second-order valence-corrected chi connectivity index (χ2v) is 6.45. The third-order valence-electron chi connectivity index (χ3n) is 4.56. The molecule has 1 aromatic carbocycles. The van der Waals surface area contributed by atoms with Gasteiger partial charge in [-0.3, -0.25) is 4.79 Å². The van der Waals surface area contributed by atoms with Crippen LogP contribution >= 0.6 is 0 Å². The van der Waals surface area contributed by atoms with Crippen LogP contribution in [0.3, 0.4) is 0 Å². The number of carbonyl (C=O) groups is 1. The number of halogens is 1. The van der Waals surface area contributed by atoms with Crippen LogP contribution in [0.25, 0.3) is 0 Å². The first-order valence-corrected chi connectivity index (χ1v) is 8.63. The quantitative estimate of drug-likeness (QED) is 0.844. The molecule has 2 N–H and O–H groups in total. The van der Waals surface area contributed by atoms with E-state index in [0.717, 1.165) is 37.6 Å². The van der Waals surface area contributed by atoms with Crippen molar-refractivity contribution in [2.24, 2.45) is 0 Å². The summed E-state index contributed by atoms with van der Waals surface area (Å²) in [4.78, 5) is 21.2. The summed E-state index contributed by atoms with van der Waals surface area (Å²) in [5.41, 5.74) is 1.26. The largest absolute Gasteiger partial charge is 0.378 e. The summed E-state index contributed by atoms with van der Waals surface area (Å²) in [6.07, 6.45) is 0.408. The minimum absolute atomic E-state index is 0.270. The third-order valence-corrected chi connectivity index (χ3v) is 4.56. The van der Waals surface area contributed by atoms with Crippen LogP contribution in [0.5, 0.6) is 0 Å². The Hall–Kier alpha value is -2.51. The summed E-state index contributed by atoms with van der Waals surface area (Å²) in [6, 6.07) is 9.00. The van der Waals surface area contributed by atoms with E-state index in [9.17, 15) is 14.3 Å². The Labute approximate surface area is 152 Å². The lowest BCUT2D eigenvalue weighted by Crippen LogP contribution is -2.45. The Balaban J connectivity index is 1.64. The zero-order chi connectivity index (χ0) is 18.5. The summed E-state index contributed by atoms with van der Waals surface area (Å²) < 4.78 is 13.0. The number of amides is 1. The highest BCUT2D eigenvalue weighted by molar-refractivity contribution is 5.82. The highest BCUT2D eigenvalue weighted by Crippen LogP contribution is 2.19. The molecule has 138 valence electrons. The second kappa shape index (κ2) is 8.25. The zero-order valence-electron chi connectivity index (χ0n) is 14.7. The first-order valence-electron chi connectivity index (χ1n) is 8.63. The third kappa shape index (κ3) is 4.36. The van der Waals surface area contributed by atoms with Gasteiger partial charge in [-0.15, -0.1) is 0 Å². The minimum atomic E-state index is -1.33. The zero-order valence-corrected chi connectivity index (χ0v) is 14.7. The summed E-state index contributed by atoms with van der Waals surface area (Å²) in [7, 11) is 2.09. The number of nitrogens with zero attached hydrogens (tertiary/aromatic N) is 3. The molecule has 2 heterocycles. The van der Waals surface area contributed by atoms with Crippen molar-refractivity contribution in [2.45, 2.75) is 12.6 Å². The number of carbonyl (C=O) groups excluding carboxylic acids is 1. The molecule has 2 aromatic rings. The highest BCUT2D eigenvalue weighted by atomic mass is 19.1. The Morgan fingerprint density at radius 1 is 1.23 bits per heavy atom. The molecule has 0 aliphatic carbocycles.